The zero-order valence-corrected chi connectivity index (χ0v) is 11.6. The number of ether oxygens (including phenoxy) is 1. The molecule has 0 spiro atoms. The highest BCUT2D eigenvalue weighted by Crippen LogP contribution is 2.37. The summed E-state index contributed by atoms with van der Waals surface area (Å²) in [4.78, 5) is 0. The van der Waals surface area contributed by atoms with Crippen molar-refractivity contribution in [3.8, 4) is 5.75 Å². The first-order valence-corrected chi connectivity index (χ1v) is 6.57. The van der Waals surface area contributed by atoms with E-state index in [1.165, 1.54) is 12.8 Å². The summed E-state index contributed by atoms with van der Waals surface area (Å²) in [7, 11) is 0. The molecule has 0 radical (unpaired) electrons. The molecule has 1 aromatic rings. The molecule has 1 heterocycles. The van der Waals surface area contributed by atoms with E-state index in [-0.39, 0.29) is 11.3 Å². The summed E-state index contributed by atoms with van der Waals surface area (Å²) < 4.78 is 5.84. The molecule has 0 N–H and O–H groups in total. The Morgan fingerprint density at radius 3 is 2.53 bits per heavy atom. The van der Waals surface area contributed by atoms with E-state index in [2.05, 4.69) is 24.0 Å². The Labute approximate surface area is 111 Å². The average Bonchev–Trinajstić information content (AvgIpc) is 2.26. The fraction of sp³-hybridized carbons (Fsp3) is 0.667. The molecule has 0 unspecified atom stereocenters. The fourth-order valence-electron chi connectivity index (χ4n) is 2.09. The Bertz CT molecular complexity index is 399. The molecule has 1 fully saturated rings. The number of aromatic nitrogens is 2. The van der Waals surface area contributed by atoms with Crippen molar-refractivity contribution in [1.82, 2.24) is 10.2 Å². The second-order valence-corrected chi connectivity index (χ2v) is 6.05. The van der Waals surface area contributed by atoms with Gasteiger partial charge in [0.05, 0.1) is 6.10 Å². The van der Waals surface area contributed by atoms with E-state index in [0.29, 0.717) is 16.3 Å². The topological polar surface area (TPSA) is 35.0 Å². The van der Waals surface area contributed by atoms with E-state index >= 15 is 0 Å². The number of halogens is 2. The van der Waals surface area contributed by atoms with Gasteiger partial charge in [-0.3, -0.25) is 0 Å². The molecule has 0 saturated heterocycles. The minimum atomic E-state index is 0.209. The van der Waals surface area contributed by atoms with Gasteiger partial charge in [-0.05, 0) is 31.1 Å². The smallest absolute Gasteiger partial charge is 0.193 e. The van der Waals surface area contributed by atoms with Crippen LogP contribution in [0.2, 0.25) is 10.3 Å². The molecule has 1 saturated carbocycles. The predicted octanol–water partition coefficient (Wildman–Crippen LogP) is 4.13. The van der Waals surface area contributed by atoms with E-state index in [4.69, 9.17) is 27.9 Å². The number of rotatable bonds is 2. The molecule has 1 aliphatic rings. The largest absolute Gasteiger partial charge is 0.487 e. The number of hydrogen-bond acceptors (Lipinski definition) is 3. The molecule has 0 aromatic carbocycles. The first-order chi connectivity index (χ1) is 7.96. The van der Waals surface area contributed by atoms with Crippen molar-refractivity contribution in [3.63, 3.8) is 0 Å². The normalized spacial score (nSPS) is 20.2. The average molecular weight is 275 g/mol. The zero-order valence-electron chi connectivity index (χ0n) is 10.0. The van der Waals surface area contributed by atoms with Gasteiger partial charge in [-0.15, -0.1) is 10.2 Å². The Balaban J connectivity index is 2.00. The van der Waals surface area contributed by atoms with Crippen LogP contribution in [0.15, 0.2) is 6.07 Å². The molecule has 0 amide bonds. The van der Waals surface area contributed by atoms with Crippen LogP contribution in [0.3, 0.4) is 0 Å². The minimum Gasteiger partial charge on any atom is -0.487 e. The third-order valence-corrected chi connectivity index (χ3v) is 3.71. The zero-order chi connectivity index (χ0) is 12.5. The first-order valence-electron chi connectivity index (χ1n) is 5.82. The van der Waals surface area contributed by atoms with Gasteiger partial charge in [0.25, 0.3) is 0 Å². The SMILES string of the molecule is CC1(C)CCC(Oc2cc(Cl)nnc2Cl)CC1. The molecule has 3 nitrogen and oxygen atoms in total. The maximum Gasteiger partial charge on any atom is 0.193 e. The lowest BCUT2D eigenvalue weighted by atomic mass is 9.76. The van der Waals surface area contributed by atoms with E-state index in [9.17, 15) is 0 Å². The maximum atomic E-state index is 5.91. The van der Waals surface area contributed by atoms with E-state index in [1.807, 2.05) is 0 Å². The molecule has 0 atom stereocenters. The Morgan fingerprint density at radius 1 is 1.24 bits per heavy atom. The maximum absolute atomic E-state index is 5.91. The lowest BCUT2D eigenvalue weighted by Crippen LogP contribution is -2.28. The van der Waals surface area contributed by atoms with Crippen LogP contribution < -0.4 is 4.74 Å². The Hall–Kier alpha value is -0.540. The second kappa shape index (κ2) is 4.99. The third-order valence-electron chi connectivity index (χ3n) is 3.27. The lowest BCUT2D eigenvalue weighted by Gasteiger charge is -2.34. The Morgan fingerprint density at radius 2 is 1.88 bits per heavy atom. The quantitative estimate of drug-likeness (QED) is 0.814. The molecule has 17 heavy (non-hydrogen) atoms. The fourth-order valence-corrected chi connectivity index (χ4v) is 2.36. The van der Waals surface area contributed by atoms with Crippen molar-refractivity contribution in [2.24, 2.45) is 5.41 Å². The van der Waals surface area contributed by atoms with Crippen molar-refractivity contribution in [1.29, 1.82) is 0 Å². The van der Waals surface area contributed by atoms with Crippen LogP contribution in [0.4, 0.5) is 0 Å². The molecule has 94 valence electrons. The first kappa shape index (κ1) is 12.9. The van der Waals surface area contributed by atoms with Crippen molar-refractivity contribution in [2.45, 2.75) is 45.6 Å². The molecule has 0 aliphatic heterocycles. The summed E-state index contributed by atoms with van der Waals surface area (Å²) in [6.45, 7) is 4.59. The summed E-state index contributed by atoms with van der Waals surface area (Å²) >= 11 is 11.7. The molecular formula is C12H16Cl2N2O. The van der Waals surface area contributed by atoms with Crippen LogP contribution in [0.1, 0.15) is 39.5 Å². The molecule has 0 bridgehead atoms. The van der Waals surface area contributed by atoms with Crippen molar-refractivity contribution < 1.29 is 4.74 Å². The van der Waals surface area contributed by atoms with Gasteiger partial charge in [0, 0.05) is 6.07 Å². The summed E-state index contributed by atoms with van der Waals surface area (Å²) in [5, 5.41) is 7.97. The van der Waals surface area contributed by atoms with Gasteiger partial charge in [-0.1, -0.05) is 37.0 Å². The molecule has 2 rings (SSSR count). The predicted molar refractivity (Wildman–Crippen MR) is 68.7 cm³/mol. The molecule has 5 heteroatoms. The van der Waals surface area contributed by atoms with Gasteiger partial charge in [0.15, 0.2) is 16.1 Å². The van der Waals surface area contributed by atoms with Crippen LogP contribution in [0.25, 0.3) is 0 Å². The highest BCUT2D eigenvalue weighted by molar-refractivity contribution is 6.32. The minimum absolute atomic E-state index is 0.209. The van der Waals surface area contributed by atoms with Crippen LogP contribution >= 0.6 is 23.2 Å². The van der Waals surface area contributed by atoms with E-state index in [0.717, 1.165) is 12.8 Å². The van der Waals surface area contributed by atoms with Crippen molar-refractivity contribution in [2.75, 3.05) is 0 Å². The lowest BCUT2D eigenvalue weighted by molar-refractivity contribution is 0.0984. The summed E-state index contributed by atoms with van der Waals surface area (Å²) in [5.74, 6) is 0.538. The number of nitrogens with zero attached hydrogens (tertiary/aromatic N) is 2. The standard InChI is InChI=1S/C12H16Cl2N2O/c1-12(2)5-3-8(4-6-12)17-9-7-10(13)15-16-11(9)14/h7-8H,3-6H2,1-2H3. The highest BCUT2D eigenvalue weighted by Gasteiger charge is 2.28. The summed E-state index contributed by atoms with van der Waals surface area (Å²) in [6.07, 6.45) is 4.64. The van der Waals surface area contributed by atoms with Gasteiger partial charge in [-0.2, -0.15) is 0 Å². The summed E-state index contributed by atoms with van der Waals surface area (Å²) in [6, 6.07) is 1.62. The van der Waals surface area contributed by atoms with Crippen molar-refractivity contribution in [3.05, 3.63) is 16.4 Å². The van der Waals surface area contributed by atoms with Gasteiger partial charge in [-0.25, -0.2) is 0 Å². The molecule has 1 aliphatic carbocycles. The molecular weight excluding hydrogens is 259 g/mol. The van der Waals surface area contributed by atoms with Crippen LogP contribution in [0, 0.1) is 5.41 Å². The van der Waals surface area contributed by atoms with Crippen LogP contribution in [0.5, 0.6) is 5.75 Å². The van der Waals surface area contributed by atoms with E-state index in [1.54, 1.807) is 6.07 Å². The van der Waals surface area contributed by atoms with Crippen LogP contribution in [-0.2, 0) is 0 Å². The second-order valence-electron chi connectivity index (χ2n) is 5.30. The van der Waals surface area contributed by atoms with E-state index < -0.39 is 0 Å². The van der Waals surface area contributed by atoms with Gasteiger partial charge in [0.1, 0.15) is 0 Å². The molecule has 1 aromatic heterocycles. The van der Waals surface area contributed by atoms with Crippen molar-refractivity contribution >= 4 is 23.2 Å². The summed E-state index contributed by atoms with van der Waals surface area (Å²) in [5.41, 5.74) is 0.428. The van der Waals surface area contributed by atoms with Gasteiger partial charge in [0.2, 0.25) is 0 Å². The van der Waals surface area contributed by atoms with Gasteiger partial charge < -0.3 is 4.74 Å². The third kappa shape index (κ3) is 3.46. The monoisotopic (exact) mass is 274 g/mol. The highest BCUT2D eigenvalue weighted by atomic mass is 35.5. The number of hydrogen-bond donors (Lipinski definition) is 0. The van der Waals surface area contributed by atoms with Gasteiger partial charge >= 0.3 is 0 Å². The van der Waals surface area contributed by atoms with Crippen LogP contribution in [-0.4, -0.2) is 16.3 Å². The Kier molecular flexibility index (Phi) is 3.79.